The van der Waals surface area contributed by atoms with Crippen LogP contribution in [0.1, 0.15) is 19.8 Å². The van der Waals surface area contributed by atoms with Gasteiger partial charge in [-0.05, 0) is 25.1 Å². The van der Waals surface area contributed by atoms with Crippen molar-refractivity contribution in [2.75, 3.05) is 31.1 Å². The van der Waals surface area contributed by atoms with Crippen LogP contribution in [-0.2, 0) is 9.59 Å². The van der Waals surface area contributed by atoms with Crippen LogP contribution >= 0.6 is 0 Å². The molecule has 7 heteroatoms. The number of halogens is 2. The van der Waals surface area contributed by atoms with Crippen LogP contribution in [0.3, 0.4) is 0 Å². The minimum Gasteiger partial charge on any atom is -0.355 e. The third-order valence-electron chi connectivity index (χ3n) is 3.68. The zero-order valence-corrected chi connectivity index (χ0v) is 13.1. The zero-order valence-electron chi connectivity index (χ0n) is 13.1. The standard InChI is InChI=1S/C16H21F2N3O2/c1-2-3-19-4-5-20-16(23)11-6-15(22)21(10-11)14-8-12(17)7-13(18)9-14/h7-9,11,19H,2-6,10H2,1H3,(H,20,23). The summed E-state index contributed by atoms with van der Waals surface area (Å²) in [6.07, 6.45) is 1.07. The molecule has 1 heterocycles. The Balaban J connectivity index is 1.90. The van der Waals surface area contributed by atoms with Crippen molar-refractivity contribution in [1.82, 2.24) is 10.6 Å². The SMILES string of the molecule is CCCNCCNC(=O)C1CC(=O)N(c2cc(F)cc(F)c2)C1. The largest absolute Gasteiger partial charge is 0.355 e. The van der Waals surface area contributed by atoms with Crippen molar-refractivity contribution in [3.63, 3.8) is 0 Å². The normalized spacial score (nSPS) is 17.6. The number of anilines is 1. The first kappa shape index (κ1) is 17.3. The van der Waals surface area contributed by atoms with Crippen LogP contribution in [0, 0.1) is 17.6 Å². The van der Waals surface area contributed by atoms with E-state index in [1.54, 1.807) is 0 Å². The van der Waals surface area contributed by atoms with Gasteiger partial charge in [-0.2, -0.15) is 0 Å². The van der Waals surface area contributed by atoms with E-state index in [-0.39, 0.29) is 30.5 Å². The lowest BCUT2D eigenvalue weighted by Gasteiger charge is -2.17. The Morgan fingerprint density at radius 1 is 1.22 bits per heavy atom. The molecule has 0 saturated carbocycles. The highest BCUT2D eigenvalue weighted by Crippen LogP contribution is 2.26. The molecule has 0 aliphatic carbocycles. The van der Waals surface area contributed by atoms with E-state index in [9.17, 15) is 18.4 Å². The van der Waals surface area contributed by atoms with Gasteiger partial charge in [-0.3, -0.25) is 9.59 Å². The van der Waals surface area contributed by atoms with E-state index >= 15 is 0 Å². The van der Waals surface area contributed by atoms with E-state index < -0.39 is 17.6 Å². The van der Waals surface area contributed by atoms with Gasteiger partial charge in [0, 0.05) is 37.8 Å². The van der Waals surface area contributed by atoms with E-state index in [0.717, 1.165) is 31.2 Å². The van der Waals surface area contributed by atoms with Crippen molar-refractivity contribution < 1.29 is 18.4 Å². The second-order valence-electron chi connectivity index (χ2n) is 5.57. The molecule has 2 rings (SSSR count). The molecular weight excluding hydrogens is 304 g/mol. The van der Waals surface area contributed by atoms with E-state index in [4.69, 9.17) is 0 Å². The smallest absolute Gasteiger partial charge is 0.227 e. The van der Waals surface area contributed by atoms with Crippen molar-refractivity contribution in [1.29, 1.82) is 0 Å². The maximum absolute atomic E-state index is 13.3. The molecule has 1 aromatic carbocycles. The molecule has 126 valence electrons. The zero-order chi connectivity index (χ0) is 16.8. The Morgan fingerprint density at radius 3 is 2.57 bits per heavy atom. The third kappa shape index (κ3) is 4.72. The molecule has 2 N–H and O–H groups in total. The molecule has 0 aromatic heterocycles. The fourth-order valence-electron chi connectivity index (χ4n) is 2.55. The number of rotatable bonds is 7. The number of carbonyl (C=O) groups excluding carboxylic acids is 2. The van der Waals surface area contributed by atoms with E-state index in [0.29, 0.717) is 13.1 Å². The molecule has 0 bridgehead atoms. The number of hydrogen-bond donors (Lipinski definition) is 2. The maximum atomic E-state index is 13.3. The van der Waals surface area contributed by atoms with Crippen molar-refractivity contribution in [2.24, 2.45) is 5.92 Å². The maximum Gasteiger partial charge on any atom is 0.227 e. The topological polar surface area (TPSA) is 61.4 Å². The number of benzene rings is 1. The predicted octanol–water partition coefficient (Wildman–Crippen LogP) is 1.43. The summed E-state index contributed by atoms with van der Waals surface area (Å²) in [4.78, 5) is 25.3. The number of amides is 2. The summed E-state index contributed by atoms with van der Waals surface area (Å²) in [6, 6.07) is 2.93. The second kappa shape index (κ2) is 8.01. The predicted molar refractivity (Wildman–Crippen MR) is 83.0 cm³/mol. The fraction of sp³-hybridized carbons (Fsp3) is 0.500. The van der Waals surface area contributed by atoms with Gasteiger partial charge in [0.25, 0.3) is 0 Å². The molecule has 2 amide bonds. The lowest BCUT2D eigenvalue weighted by Crippen LogP contribution is -2.37. The summed E-state index contributed by atoms with van der Waals surface area (Å²) in [6.45, 7) is 4.23. The average molecular weight is 325 g/mol. The summed E-state index contributed by atoms with van der Waals surface area (Å²) >= 11 is 0. The summed E-state index contributed by atoms with van der Waals surface area (Å²) in [5, 5.41) is 5.93. The molecule has 0 spiro atoms. The average Bonchev–Trinajstić information content (AvgIpc) is 2.88. The van der Waals surface area contributed by atoms with Crippen LogP contribution in [0.2, 0.25) is 0 Å². The quantitative estimate of drug-likeness (QED) is 0.746. The van der Waals surface area contributed by atoms with Gasteiger partial charge in [0.05, 0.1) is 5.92 Å². The summed E-state index contributed by atoms with van der Waals surface area (Å²) in [5.41, 5.74) is 0.146. The highest BCUT2D eigenvalue weighted by molar-refractivity contribution is 6.00. The molecule has 0 radical (unpaired) electrons. The van der Waals surface area contributed by atoms with Gasteiger partial charge < -0.3 is 15.5 Å². The summed E-state index contributed by atoms with van der Waals surface area (Å²) < 4.78 is 26.5. The van der Waals surface area contributed by atoms with Crippen LogP contribution < -0.4 is 15.5 Å². The van der Waals surface area contributed by atoms with Crippen LogP contribution in [-0.4, -0.2) is 38.0 Å². The minimum atomic E-state index is -0.747. The first-order chi connectivity index (χ1) is 11.0. The number of carbonyl (C=O) groups is 2. The number of nitrogens with one attached hydrogen (secondary N) is 2. The molecule has 1 aliphatic rings. The molecule has 1 saturated heterocycles. The lowest BCUT2D eigenvalue weighted by atomic mass is 10.1. The monoisotopic (exact) mass is 325 g/mol. The second-order valence-corrected chi connectivity index (χ2v) is 5.57. The van der Waals surface area contributed by atoms with E-state index in [1.165, 1.54) is 4.90 Å². The van der Waals surface area contributed by atoms with Crippen LogP contribution in [0.15, 0.2) is 18.2 Å². The highest BCUT2D eigenvalue weighted by Gasteiger charge is 2.35. The molecule has 1 fully saturated rings. The number of nitrogens with zero attached hydrogens (tertiary/aromatic N) is 1. The summed E-state index contributed by atoms with van der Waals surface area (Å²) in [5.74, 6) is -2.51. The van der Waals surface area contributed by atoms with Gasteiger partial charge in [0.2, 0.25) is 11.8 Å². The summed E-state index contributed by atoms with van der Waals surface area (Å²) in [7, 11) is 0. The Morgan fingerprint density at radius 2 is 1.91 bits per heavy atom. The minimum absolute atomic E-state index is 0.0480. The van der Waals surface area contributed by atoms with Gasteiger partial charge in [0.1, 0.15) is 11.6 Å². The first-order valence-electron chi connectivity index (χ1n) is 7.76. The first-order valence-corrected chi connectivity index (χ1v) is 7.76. The van der Waals surface area contributed by atoms with Crippen molar-refractivity contribution in [3.05, 3.63) is 29.8 Å². The molecule has 23 heavy (non-hydrogen) atoms. The lowest BCUT2D eigenvalue weighted by molar-refractivity contribution is -0.126. The van der Waals surface area contributed by atoms with Crippen LogP contribution in [0.25, 0.3) is 0 Å². The van der Waals surface area contributed by atoms with E-state index in [2.05, 4.69) is 17.6 Å². The molecule has 1 unspecified atom stereocenters. The molecule has 1 aliphatic heterocycles. The van der Waals surface area contributed by atoms with Crippen molar-refractivity contribution >= 4 is 17.5 Å². The number of hydrogen-bond acceptors (Lipinski definition) is 3. The van der Waals surface area contributed by atoms with Gasteiger partial charge in [-0.15, -0.1) is 0 Å². The molecule has 1 aromatic rings. The van der Waals surface area contributed by atoms with Gasteiger partial charge >= 0.3 is 0 Å². The third-order valence-corrected chi connectivity index (χ3v) is 3.68. The van der Waals surface area contributed by atoms with Gasteiger partial charge in [-0.1, -0.05) is 6.92 Å². The van der Waals surface area contributed by atoms with Crippen LogP contribution in [0.4, 0.5) is 14.5 Å². The highest BCUT2D eigenvalue weighted by atomic mass is 19.1. The Bertz CT molecular complexity index is 560. The van der Waals surface area contributed by atoms with Gasteiger partial charge in [-0.25, -0.2) is 8.78 Å². The Kier molecular flexibility index (Phi) is 6.04. The fourth-order valence-corrected chi connectivity index (χ4v) is 2.55. The molecular formula is C16H21F2N3O2. The molecule has 1 atom stereocenters. The van der Waals surface area contributed by atoms with Gasteiger partial charge in [0.15, 0.2) is 0 Å². The van der Waals surface area contributed by atoms with Crippen molar-refractivity contribution in [3.8, 4) is 0 Å². The Hall–Kier alpha value is -2.02. The molecule has 5 nitrogen and oxygen atoms in total. The Labute approximate surface area is 134 Å². The van der Waals surface area contributed by atoms with E-state index in [1.807, 2.05) is 0 Å². The van der Waals surface area contributed by atoms with Crippen molar-refractivity contribution in [2.45, 2.75) is 19.8 Å². The van der Waals surface area contributed by atoms with Crippen LogP contribution in [0.5, 0.6) is 0 Å².